The highest BCUT2D eigenvalue weighted by Gasteiger charge is 2.27. The maximum absolute atomic E-state index is 2.34. The lowest BCUT2D eigenvalue weighted by Gasteiger charge is -2.31. The Hall–Kier alpha value is -1.56. The van der Waals surface area contributed by atoms with Crippen LogP contribution in [0.1, 0.15) is 37.0 Å². The van der Waals surface area contributed by atoms with E-state index < -0.39 is 0 Å². The Morgan fingerprint density at radius 3 is 2.71 bits per heavy atom. The van der Waals surface area contributed by atoms with Gasteiger partial charge in [-0.05, 0) is 52.3 Å². The lowest BCUT2D eigenvalue weighted by Crippen LogP contribution is -2.21. The average molecular weight is 222 g/mol. The molecule has 1 aliphatic carbocycles. The number of hydrogen-bond donors (Lipinski definition) is 0. The van der Waals surface area contributed by atoms with Gasteiger partial charge in [0.1, 0.15) is 0 Å². The molecule has 0 nitrogen and oxygen atoms in total. The maximum Gasteiger partial charge on any atom is -0.00602 e. The van der Waals surface area contributed by atoms with E-state index in [0.29, 0.717) is 0 Å². The molecule has 0 radical (unpaired) electrons. The van der Waals surface area contributed by atoms with E-state index in [1.54, 1.807) is 0 Å². The normalized spacial score (nSPS) is 17.1. The van der Waals surface area contributed by atoms with Gasteiger partial charge in [0.25, 0.3) is 0 Å². The zero-order valence-electron chi connectivity index (χ0n) is 10.7. The highest BCUT2D eigenvalue weighted by Crippen LogP contribution is 2.40. The van der Waals surface area contributed by atoms with Crippen molar-refractivity contribution >= 4 is 16.8 Å². The molecule has 86 valence electrons. The number of hydrogen-bond acceptors (Lipinski definition) is 0. The van der Waals surface area contributed by atoms with Gasteiger partial charge in [-0.2, -0.15) is 0 Å². The van der Waals surface area contributed by atoms with Crippen LogP contribution in [0.4, 0.5) is 0 Å². The third-order valence-electron chi connectivity index (χ3n) is 3.94. The van der Waals surface area contributed by atoms with Crippen molar-refractivity contribution in [3.05, 3.63) is 53.1 Å². The van der Waals surface area contributed by atoms with Gasteiger partial charge in [-0.25, -0.2) is 0 Å². The number of allylic oxidation sites excluding steroid dienone is 1. The molecule has 2 aromatic rings. The highest BCUT2D eigenvalue weighted by atomic mass is 14.3. The van der Waals surface area contributed by atoms with Gasteiger partial charge in [0, 0.05) is 0 Å². The van der Waals surface area contributed by atoms with Gasteiger partial charge in [0.05, 0.1) is 0 Å². The summed E-state index contributed by atoms with van der Waals surface area (Å²) in [5, 5.41) is 2.75. The molecule has 0 bridgehead atoms. The Bertz CT molecular complexity index is 615. The molecule has 0 saturated heterocycles. The first-order chi connectivity index (χ1) is 8.09. The molecule has 0 saturated carbocycles. The summed E-state index contributed by atoms with van der Waals surface area (Å²) in [6.07, 6.45) is 5.72. The van der Waals surface area contributed by atoms with Gasteiger partial charge in [0.15, 0.2) is 0 Å². The maximum atomic E-state index is 2.34. The van der Waals surface area contributed by atoms with Crippen LogP contribution in [0.3, 0.4) is 0 Å². The minimum Gasteiger partial charge on any atom is -0.0831 e. The number of benzene rings is 2. The predicted molar refractivity (Wildman–Crippen MR) is 75.4 cm³/mol. The predicted octanol–water partition coefficient (Wildman–Crippen LogP) is 4.84. The number of fused-ring (bicyclic) bond motifs is 2. The zero-order chi connectivity index (χ0) is 12.0. The quantitative estimate of drug-likeness (QED) is 0.598. The van der Waals surface area contributed by atoms with Crippen LogP contribution in [0.2, 0.25) is 0 Å². The van der Waals surface area contributed by atoms with Crippen molar-refractivity contribution in [1.82, 2.24) is 0 Å². The Kier molecular flexibility index (Phi) is 2.16. The monoisotopic (exact) mass is 222 g/mol. The summed E-state index contributed by atoms with van der Waals surface area (Å²) >= 11 is 0. The topological polar surface area (TPSA) is 0 Å². The first-order valence-electron chi connectivity index (χ1n) is 6.29. The summed E-state index contributed by atoms with van der Waals surface area (Å²) in [6, 6.07) is 11.0. The van der Waals surface area contributed by atoms with Gasteiger partial charge >= 0.3 is 0 Å². The molecule has 0 aliphatic heterocycles. The fourth-order valence-electron chi connectivity index (χ4n) is 3.17. The van der Waals surface area contributed by atoms with Crippen molar-refractivity contribution in [1.29, 1.82) is 0 Å². The van der Waals surface area contributed by atoms with E-state index in [4.69, 9.17) is 0 Å². The molecule has 2 aromatic carbocycles. The van der Waals surface area contributed by atoms with Gasteiger partial charge < -0.3 is 0 Å². The number of rotatable bonds is 0. The van der Waals surface area contributed by atoms with E-state index in [9.17, 15) is 0 Å². The van der Waals surface area contributed by atoms with Crippen molar-refractivity contribution < 1.29 is 0 Å². The Morgan fingerprint density at radius 2 is 1.88 bits per heavy atom. The van der Waals surface area contributed by atoms with Crippen LogP contribution >= 0.6 is 0 Å². The third-order valence-corrected chi connectivity index (χ3v) is 3.94. The Balaban J connectivity index is 2.44. The lowest BCUT2D eigenvalue weighted by atomic mass is 9.73. The summed E-state index contributed by atoms with van der Waals surface area (Å²) in [7, 11) is 0. The molecule has 0 spiro atoms. The van der Waals surface area contributed by atoms with Crippen LogP contribution in [0, 0.1) is 6.92 Å². The van der Waals surface area contributed by atoms with E-state index in [1.165, 1.54) is 27.5 Å². The van der Waals surface area contributed by atoms with E-state index in [1.807, 2.05) is 0 Å². The van der Waals surface area contributed by atoms with Crippen LogP contribution in [0.15, 0.2) is 36.4 Å². The molecule has 0 amide bonds. The smallest absolute Gasteiger partial charge is 0.00602 e. The first-order valence-corrected chi connectivity index (χ1v) is 6.29. The molecule has 0 aromatic heterocycles. The summed E-state index contributed by atoms with van der Waals surface area (Å²) in [5.74, 6) is 0. The molecule has 3 rings (SSSR count). The van der Waals surface area contributed by atoms with Crippen LogP contribution in [-0.2, 0) is 5.41 Å². The van der Waals surface area contributed by atoms with Crippen molar-refractivity contribution in [2.45, 2.75) is 32.6 Å². The van der Waals surface area contributed by atoms with E-state index in [-0.39, 0.29) is 5.41 Å². The molecule has 0 fully saturated rings. The van der Waals surface area contributed by atoms with Crippen molar-refractivity contribution in [3.63, 3.8) is 0 Å². The van der Waals surface area contributed by atoms with Crippen molar-refractivity contribution in [2.24, 2.45) is 0 Å². The molecular formula is C17H18. The van der Waals surface area contributed by atoms with E-state index >= 15 is 0 Å². The molecule has 0 atom stereocenters. The minimum absolute atomic E-state index is 0.262. The van der Waals surface area contributed by atoms with Gasteiger partial charge in [-0.3, -0.25) is 0 Å². The second kappa shape index (κ2) is 3.46. The SMILES string of the molecule is Cc1c2c(cc3ccccc13)C=CCC2(C)C. The minimum atomic E-state index is 0.262. The molecule has 1 aliphatic rings. The molecular weight excluding hydrogens is 204 g/mol. The summed E-state index contributed by atoms with van der Waals surface area (Å²) in [4.78, 5) is 0. The van der Waals surface area contributed by atoms with Crippen LogP contribution < -0.4 is 0 Å². The third kappa shape index (κ3) is 1.51. The van der Waals surface area contributed by atoms with Crippen molar-refractivity contribution in [3.8, 4) is 0 Å². The fourth-order valence-corrected chi connectivity index (χ4v) is 3.17. The summed E-state index contributed by atoms with van der Waals surface area (Å²) in [5.41, 5.74) is 4.64. The largest absolute Gasteiger partial charge is 0.0831 e. The van der Waals surface area contributed by atoms with Gasteiger partial charge in [-0.15, -0.1) is 0 Å². The fraction of sp³-hybridized carbons (Fsp3) is 0.294. The number of aryl methyl sites for hydroxylation is 1. The highest BCUT2D eigenvalue weighted by molar-refractivity contribution is 5.90. The molecule has 0 heterocycles. The summed E-state index contributed by atoms with van der Waals surface area (Å²) < 4.78 is 0. The average Bonchev–Trinajstić information content (AvgIpc) is 2.28. The van der Waals surface area contributed by atoms with Crippen LogP contribution in [-0.4, -0.2) is 0 Å². The Morgan fingerprint density at radius 1 is 1.12 bits per heavy atom. The van der Waals surface area contributed by atoms with Crippen LogP contribution in [0.25, 0.3) is 16.8 Å². The van der Waals surface area contributed by atoms with Gasteiger partial charge in [-0.1, -0.05) is 50.3 Å². The summed E-state index contributed by atoms with van der Waals surface area (Å²) in [6.45, 7) is 6.95. The molecule has 17 heavy (non-hydrogen) atoms. The molecule has 0 unspecified atom stereocenters. The Labute approximate surface area is 103 Å². The van der Waals surface area contributed by atoms with E-state index in [0.717, 1.165) is 6.42 Å². The standard InChI is InChI=1S/C17H18/c1-12-15-9-5-4-7-13(15)11-14-8-6-10-17(2,3)16(12)14/h4-9,11H,10H2,1-3H3. The first kappa shape index (κ1) is 10.6. The molecule has 0 N–H and O–H groups in total. The molecule has 0 heteroatoms. The second-order valence-electron chi connectivity index (χ2n) is 5.68. The zero-order valence-corrected chi connectivity index (χ0v) is 10.7. The second-order valence-corrected chi connectivity index (χ2v) is 5.68. The van der Waals surface area contributed by atoms with Crippen LogP contribution in [0.5, 0.6) is 0 Å². The lowest BCUT2D eigenvalue weighted by molar-refractivity contribution is 0.526. The van der Waals surface area contributed by atoms with E-state index in [2.05, 4.69) is 63.3 Å². The van der Waals surface area contributed by atoms with Crippen molar-refractivity contribution in [2.75, 3.05) is 0 Å². The van der Waals surface area contributed by atoms with Gasteiger partial charge in [0.2, 0.25) is 0 Å².